The van der Waals surface area contributed by atoms with Crippen LogP contribution in [0.5, 0.6) is 17.5 Å². The number of likely N-dealkylation sites (N-methyl/N-ethyl adjacent to an activating group) is 1. The van der Waals surface area contributed by atoms with Gasteiger partial charge in [-0.1, -0.05) is 59.3 Å². The molecule has 4 aromatic rings. The fraction of sp³-hybridized carbons (Fsp3) is 0.192. The minimum absolute atomic E-state index is 0.0391. The number of hydrogen-bond acceptors (Lipinski definition) is 8. The summed E-state index contributed by atoms with van der Waals surface area (Å²) in [7, 11) is 6.02. The molecule has 0 spiro atoms. The third-order valence-corrected chi connectivity index (χ3v) is 8.40. The number of fused-ring (bicyclic) bond motifs is 1. The van der Waals surface area contributed by atoms with E-state index in [4.69, 9.17) is 44.9 Å². The number of imidazole rings is 1. The number of methoxy groups -OCH3 is 1. The van der Waals surface area contributed by atoms with Crippen molar-refractivity contribution in [3.8, 4) is 17.5 Å². The summed E-state index contributed by atoms with van der Waals surface area (Å²) in [5.41, 5.74) is 0.574. The second-order valence-electron chi connectivity index (χ2n) is 8.85. The summed E-state index contributed by atoms with van der Waals surface area (Å²) < 4.78 is 16.1. The summed E-state index contributed by atoms with van der Waals surface area (Å²) in [5.74, 6) is 0.463. The summed E-state index contributed by atoms with van der Waals surface area (Å²) in [6, 6.07) is 10.2. The summed E-state index contributed by atoms with van der Waals surface area (Å²) in [6.07, 6.45) is 1.71. The van der Waals surface area contributed by atoms with E-state index < -0.39 is 11.2 Å². The molecular weight excluding hydrogens is 597 g/mol. The van der Waals surface area contributed by atoms with Crippen LogP contribution in [0.25, 0.3) is 17.2 Å². The number of amides is 1. The van der Waals surface area contributed by atoms with Crippen molar-refractivity contribution < 1.29 is 14.3 Å². The number of rotatable bonds is 6. The molecule has 14 heteroatoms. The Labute approximate surface area is 247 Å². The zero-order valence-electron chi connectivity index (χ0n) is 21.6. The molecule has 1 aliphatic rings. The molecule has 2 aromatic heterocycles. The van der Waals surface area contributed by atoms with E-state index in [1.807, 2.05) is 0 Å². The summed E-state index contributed by atoms with van der Waals surface area (Å²) in [6.45, 7) is 0.106. The van der Waals surface area contributed by atoms with Crippen LogP contribution >= 0.6 is 47.2 Å². The molecule has 2 aromatic carbocycles. The number of benzene rings is 2. The zero-order valence-corrected chi connectivity index (χ0v) is 24.7. The lowest BCUT2D eigenvalue weighted by molar-refractivity contribution is -0.121. The number of nitrogens with zero attached hydrogens (tertiary/aromatic N) is 5. The van der Waals surface area contributed by atoms with Gasteiger partial charge in [0.05, 0.1) is 18.6 Å². The highest BCUT2D eigenvalue weighted by atomic mass is 35.5. The number of carbonyl (C=O) groups is 1. The zero-order chi connectivity index (χ0) is 28.9. The molecule has 40 heavy (non-hydrogen) atoms. The highest BCUT2D eigenvalue weighted by Gasteiger charge is 2.29. The van der Waals surface area contributed by atoms with Gasteiger partial charge in [-0.25, -0.2) is 4.79 Å². The van der Waals surface area contributed by atoms with Gasteiger partial charge in [0.1, 0.15) is 4.32 Å². The Hall–Kier alpha value is -3.58. The van der Waals surface area contributed by atoms with Crippen LogP contribution in [0, 0.1) is 0 Å². The van der Waals surface area contributed by atoms with E-state index in [1.54, 1.807) is 54.1 Å². The highest BCUT2D eigenvalue weighted by molar-refractivity contribution is 8.26. The van der Waals surface area contributed by atoms with Crippen molar-refractivity contribution >= 4 is 74.6 Å². The fourth-order valence-electron chi connectivity index (χ4n) is 4.12. The topological polar surface area (TPSA) is 101 Å². The minimum atomic E-state index is -0.541. The standard InChI is InChI=1S/C26H21Cl2N5O5S2/c1-30-21-20(23(35)31(2)25(30)36)33(12-14-6-7-15(27)11-16(14)28)24(29-21)38-17-8-5-13(9-18(17)37-4)10-19-22(34)32(3)26(39)40-19/h5-11H,12H2,1-4H3. The molecule has 206 valence electrons. The second kappa shape index (κ2) is 10.8. The third-order valence-electron chi connectivity index (χ3n) is 6.33. The maximum absolute atomic E-state index is 13.2. The van der Waals surface area contributed by atoms with Crippen molar-refractivity contribution in [1.29, 1.82) is 0 Å². The monoisotopic (exact) mass is 617 g/mol. The molecule has 0 saturated carbocycles. The molecule has 3 heterocycles. The van der Waals surface area contributed by atoms with E-state index in [-0.39, 0.29) is 29.6 Å². The first-order valence-corrected chi connectivity index (χ1v) is 13.7. The third kappa shape index (κ3) is 4.92. The Morgan fingerprint density at radius 3 is 2.42 bits per heavy atom. The highest BCUT2D eigenvalue weighted by Crippen LogP contribution is 2.36. The lowest BCUT2D eigenvalue weighted by atomic mass is 10.2. The number of thioether (sulfide) groups is 1. The minimum Gasteiger partial charge on any atom is -0.493 e. The van der Waals surface area contributed by atoms with Crippen molar-refractivity contribution in [3.63, 3.8) is 0 Å². The number of ether oxygens (including phenoxy) is 2. The molecule has 1 aliphatic heterocycles. The summed E-state index contributed by atoms with van der Waals surface area (Å²) >= 11 is 18.9. The van der Waals surface area contributed by atoms with Crippen molar-refractivity contribution in [3.05, 3.63) is 83.3 Å². The van der Waals surface area contributed by atoms with Crippen molar-refractivity contribution in [2.24, 2.45) is 14.1 Å². The van der Waals surface area contributed by atoms with Gasteiger partial charge in [-0.3, -0.25) is 28.2 Å². The van der Waals surface area contributed by atoms with E-state index in [9.17, 15) is 14.4 Å². The van der Waals surface area contributed by atoms with Crippen LogP contribution in [-0.4, -0.2) is 48.0 Å². The lowest BCUT2D eigenvalue weighted by Crippen LogP contribution is -2.37. The largest absolute Gasteiger partial charge is 0.493 e. The molecule has 5 rings (SSSR count). The normalized spacial score (nSPS) is 14.6. The van der Waals surface area contributed by atoms with Gasteiger partial charge in [-0.05, 0) is 41.5 Å². The number of halogens is 2. The van der Waals surface area contributed by atoms with Gasteiger partial charge in [-0.15, -0.1) is 0 Å². The van der Waals surface area contributed by atoms with Crippen LogP contribution in [-0.2, 0) is 25.4 Å². The summed E-state index contributed by atoms with van der Waals surface area (Å²) in [5, 5.41) is 0.853. The van der Waals surface area contributed by atoms with E-state index in [0.29, 0.717) is 41.9 Å². The van der Waals surface area contributed by atoms with Crippen LogP contribution in [0.4, 0.5) is 0 Å². The first kappa shape index (κ1) is 28.0. The predicted octanol–water partition coefficient (Wildman–Crippen LogP) is 4.42. The van der Waals surface area contributed by atoms with E-state index in [0.717, 1.165) is 4.57 Å². The molecule has 1 fully saturated rings. The molecule has 0 N–H and O–H groups in total. The van der Waals surface area contributed by atoms with Crippen molar-refractivity contribution in [2.75, 3.05) is 14.2 Å². The maximum atomic E-state index is 13.2. The van der Waals surface area contributed by atoms with E-state index >= 15 is 0 Å². The molecule has 0 unspecified atom stereocenters. The Kier molecular flexibility index (Phi) is 7.53. The number of carbonyl (C=O) groups excluding carboxylic acids is 1. The van der Waals surface area contributed by atoms with Gasteiger partial charge in [-0.2, -0.15) is 4.98 Å². The molecule has 0 radical (unpaired) electrons. The fourth-order valence-corrected chi connectivity index (χ4v) is 5.77. The van der Waals surface area contributed by atoms with Gasteiger partial charge >= 0.3 is 11.7 Å². The predicted molar refractivity (Wildman–Crippen MR) is 160 cm³/mol. The van der Waals surface area contributed by atoms with E-state index in [2.05, 4.69) is 4.98 Å². The molecular formula is C26H21Cl2N5O5S2. The Balaban J connectivity index is 1.61. The average molecular weight is 619 g/mol. The SMILES string of the molecule is COc1cc(C=C2SC(=S)N(C)C2=O)ccc1Oc1nc2c(c(=O)n(C)c(=O)n2C)n1Cc1ccc(Cl)cc1Cl. The first-order valence-electron chi connectivity index (χ1n) is 11.7. The molecule has 0 atom stereocenters. The Morgan fingerprint density at radius 2 is 1.77 bits per heavy atom. The number of thiocarbonyl (C=S) groups is 1. The second-order valence-corrected chi connectivity index (χ2v) is 11.4. The smallest absolute Gasteiger partial charge is 0.332 e. The van der Waals surface area contributed by atoms with Crippen LogP contribution in [0.15, 0.2) is 50.9 Å². The Bertz CT molecular complexity index is 1880. The molecule has 0 bridgehead atoms. The quantitative estimate of drug-likeness (QED) is 0.231. The number of aryl methyl sites for hydroxylation is 1. The lowest BCUT2D eigenvalue weighted by Gasteiger charge is -2.13. The van der Waals surface area contributed by atoms with Crippen LogP contribution in [0.3, 0.4) is 0 Å². The van der Waals surface area contributed by atoms with Gasteiger partial charge < -0.3 is 9.47 Å². The van der Waals surface area contributed by atoms with Crippen molar-refractivity contribution in [2.45, 2.75) is 6.54 Å². The molecule has 1 amide bonds. The van der Waals surface area contributed by atoms with Gasteiger partial charge in [0.25, 0.3) is 11.5 Å². The van der Waals surface area contributed by atoms with Gasteiger partial charge in [0.15, 0.2) is 22.7 Å². The first-order chi connectivity index (χ1) is 19.0. The van der Waals surface area contributed by atoms with Gasteiger partial charge in [0.2, 0.25) is 0 Å². The van der Waals surface area contributed by atoms with Crippen LogP contribution < -0.4 is 20.7 Å². The van der Waals surface area contributed by atoms with Crippen LogP contribution in [0.2, 0.25) is 10.0 Å². The average Bonchev–Trinajstić information content (AvgIpc) is 3.40. The molecule has 1 saturated heterocycles. The summed E-state index contributed by atoms with van der Waals surface area (Å²) in [4.78, 5) is 44.7. The molecule has 0 aliphatic carbocycles. The molecule has 10 nitrogen and oxygen atoms in total. The maximum Gasteiger partial charge on any atom is 0.332 e. The van der Waals surface area contributed by atoms with E-state index in [1.165, 1.54) is 42.4 Å². The Morgan fingerprint density at radius 1 is 1.02 bits per heavy atom. The van der Waals surface area contributed by atoms with Crippen molar-refractivity contribution in [1.82, 2.24) is 23.6 Å². The number of aromatic nitrogens is 4. The van der Waals surface area contributed by atoms with Gasteiger partial charge in [0, 0.05) is 31.2 Å². The number of hydrogen-bond donors (Lipinski definition) is 0. The van der Waals surface area contributed by atoms with Crippen LogP contribution in [0.1, 0.15) is 11.1 Å².